The number of halogens is 2. The smallest absolute Gasteiger partial charge is 0.242 e. The number of alkyl halides is 2. The lowest BCUT2D eigenvalue weighted by Crippen LogP contribution is -1.98. The Morgan fingerprint density at radius 3 is 0.333 bits per heavy atom. The molecular formula is C36H84F2O. The van der Waals surface area contributed by atoms with Crippen LogP contribution in [0.5, 0.6) is 0 Å². The normalized spacial score (nSPS) is 16.0. The van der Waals surface area contributed by atoms with E-state index in [4.69, 9.17) is 0 Å². The second kappa shape index (κ2) is 50.6. The van der Waals surface area contributed by atoms with Gasteiger partial charge in [0.2, 0.25) is 5.92 Å². The molecule has 0 bridgehead atoms. The minimum Gasteiger partial charge on any atom is -0.412 e. The molecule has 3 heteroatoms. The Bertz CT molecular complexity index is 209. The average molecular weight is 571 g/mol. The van der Waals surface area contributed by atoms with Crippen LogP contribution in [0, 0.1) is 5.41 Å². The quantitative estimate of drug-likeness (QED) is 0.277. The topological polar surface area (TPSA) is 31.5 Å². The van der Waals surface area contributed by atoms with Gasteiger partial charge in [0.1, 0.15) is 0 Å². The van der Waals surface area contributed by atoms with Crippen LogP contribution in [0.4, 0.5) is 8.78 Å². The third-order valence-electron chi connectivity index (χ3n) is 5.00. The molecule has 0 aromatic carbocycles. The zero-order chi connectivity index (χ0) is 31.1. The van der Waals surface area contributed by atoms with Crippen LogP contribution in [0.1, 0.15) is 225 Å². The Hall–Kier alpha value is -0.180. The highest BCUT2D eigenvalue weighted by Gasteiger charge is 2.08. The van der Waals surface area contributed by atoms with Crippen molar-refractivity contribution >= 4 is 0 Å². The highest BCUT2D eigenvalue weighted by atomic mass is 19.3. The first-order valence-electron chi connectivity index (χ1n) is 17.4. The molecule has 0 radical (unpaired) electrons. The molecule has 0 unspecified atom stereocenters. The fourth-order valence-corrected chi connectivity index (χ4v) is 3.54. The van der Waals surface area contributed by atoms with Crippen LogP contribution in [0.15, 0.2) is 0 Å². The maximum absolute atomic E-state index is 11.0. The van der Waals surface area contributed by atoms with Gasteiger partial charge in [0, 0.05) is 0 Å². The van der Waals surface area contributed by atoms with Gasteiger partial charge in [-0.2, -0.15) is 0 Å². The molecule has 2 N–H and O–H groups in total. The van der Waals surface area contributed by atoms with Gasteiger partial charge in [0.05, 0.1) is 0 Å². The van der Waals surface area contributed by atoms with E-state index >= 15 is 0 Å². The molecule has 0 aromatic heterocycles. The molecular weight excluding hydrogens is 486 g/mol. The second-order valence-corrected chi connectivity index (χ2v) is 11.4. The molecule has 4 aliphatic rings. The molecule has 4 aliphatic carbocycles. The van der Waals surface area contributed by atoms with Crippen molar-refractivity contribution in [3.05, 3.63) is 0 Å². The first-order valence-corrected chi connectivity index (χ1v) is 17.4. The first kappa shape index (κ1) is 54.8. The molecule has 0 amide bonds. The fraction of sp³-hybridized carbons (Fsp3) is 1.00. The zero-order valence-corrected chi connectivity index (χ0v) is 30.4. The summed E-state index contributed by atoms with van der Waals surface area (Å²) < 4.78 is 22.0. The van der Waals surface area contributed by atoms with Gasteiger partial charge in [-0.1, -0.05) is 212 Å². The van der Waals surface area contributed by atoms with Gasteiger partial charge in [0.25, 0.3) is 0 Å². The van der Waals surface area contributed by atoms with Crippen molar-refractivity contribution in [3.63, 3.8) is 0 Å². The predicted octanol–water partition coefficient (Wildman–Crippen LogP) is 14.8. The highest BCUT2D eigenvalue weighted by molar-refractivity contribution is 4.52. The van der Waals surface area contributed by atoms with E-state index in [2.05, 4.69) is 27.7 Å². The SMILES string of the molecule is C1CCCC1.C1CCCC1.C1CCCC1.C1CCCC1.CC.CC.CC.CC.CC(C)(C)C.CC(C)(F)F.O. The minimum absolute atomic E-state index is 0. The van der Waals surface area contributed by atoms with E-state index in [-0.39, 0.29) is 5.48 Å². The molecule has 0 heterocycles. The van der Waals surface area contributed by atoms with E-state index in [1.54, 1.807) is 0 Å². The Balaban J connectivity index is -0.0000000596. The Labute approximate surface area is 250 Å². The fourth-order valence-electron chi connectivity index (χ4n) is 3.54. The van der Waals surface area contributed by atoms with Crippen molar-refractivity contribution in [2.24, 2.45) is 5.41 Å². The Morgan fingerprint density at radius 1 is 0.282 bits per heavy atom. The van der Waals surface area contributed by atoms with Gasteiger partial charge >= 0.3 is 0 Å². The molecule has 0 spiro atoms. The van der Waals surface area contributed by atoms with Crippen LogP contribution in [0.25, 0.3) is 0 Å². The van der Waals surface area contributed by atoms with E-state index in [0.29, 0.717) is 5.41 Å². The maximum atomic E-state index is 11.0. The summed E-state index contributed by atoms with van der Waals surface area (Å²) in [6, 6.07) is 0. The van der Waals surface area contributed by atoms with Crippen molar-refractivity contribution in [2.75, 3.05) is 0 Å². The monoisotopic (exact) mass is 571 g/mol. The van der Waals surface area contributed by atoms with Crippen LogP contribution in [-0.2, 0) is 0 Å². The van der Waals surface area contributed by atoms with E-state index < -0.39 is 5.92 Å². The molecule has 0 aliphatic heterocycles. The van der Waals surface area contributed by atoms with E-state index in [9.17, 15) is 8.78 Å². The largest absolute Gasteiger partial charge is 0.412 e. The molecule has 1 nitrogen and oxygen atoms in total. The summed E-state index contributed by atoms with van der Waals surface area (Å²) in [5, 5.41) is 0. The summed E-state index contributed by atoms with van der Waals surface area (Å²) in [4.78, 5) is 0. The molecule has 4 rings (SSSR count). The second-order valence-electron chi connectivity index (χ2n) is 11.4. The lowest BCUT2D eigenvalue weighted by Gasteiger charge is -2.05. The summed E-state index contributed by atoms with van der Waals surface area (Å²) in [5.41, 5.74) is 0.500. The molecule has 4 fully saturated rings. The van der Waals surface area contributed by atoms with Crippen molar-refractivity contribution in [1.29, 1.82) is 0 Å². The van der Waals surface area contributed by atoms with Crippen molar-refractivity contribution in [3.8, 4) is 0 Å². The van der Waals surface area contributed by atoms with Crippen LogP contribution >= 0.6 is 0 Å². The lowest BCUT2D eigenvalue weighted by atomic mass is 10.0. The third kappa shape index (κ3) is 124. The predicted molar refractivity (Wildman–Crippen MR) is 183 cm³/mol. The Kier molecular flexibility index (Phi) is 71.2. The molecule has 0 aromatic rings. The molecule has 4 saturated carbocycles. The van der Waals surface area contributed by atoms with Crippen LogP contribution in [0.3, 0.4) is 0 Å². The van der Waals surface area contributed by atoms with Crippen LogP contribution in [0.2, 0.25) is 0 Å². The van der Waals surface area contributed by atoms with Gasteiger partial charge in [-0.15, -0.1) is 0 Å². The highest BCUT2D eigenvalue weighted by Crippen LogP contribution is 2.16. The van der Waals surface area contributed by atoms with Gasteiger partial charge < -0.3 is 5.48 Å². The van der Waals surface area contributed by atoms with E-state index in [0.717, 1.165) is 13.8 Å². The van der Waals surface area contributed by atoms with E-state index in [1.165, 1.54) is 128 Å². The molecule has 0 saturated heterocycles. The summed E-state index contributed by atoms with van der Waals surface area (Å²) in [6.07, 6.45) is 30.0. The van der Waals surface area contributed by atoms with Gasteiger partial charge in [-0.05, 0) is 19.3 Å². The molecule has 39 heavy (non-hydrogen) atoms. The standard InChI is InChI=1S/4C5H10.C5H12.C3H6F2.4C2H6.H2O/c4*1-2-4-5-3-1;1-5(2,3)4;1-3(2,4)5;4*1-2;/h4*1-5H2;1-4H3;1-2H3;4*1-2H3;1H2. The zero-order valence-electron chi connectivity index (χ0n) is 30.4. The summed E-state index contributed by atoms with van der Waals surface area (Å²) in [7, 11) is 0. The van der Waals surface area contributed by atoms with Crippen molar-refractivity contribution in [2.45, 2.75) is 231 Å². The van der Waals surface area contributed by atoms with Crippen molar-refractivity contribution < 1.29 is 14.3 Å². The van der Waals surface area contributed by atoms with Crippen molar-refractivity contribution in [1.82, 2.24) is 0 Å². The molecule has 248 valence electrons. The van der Waals surface area contributed by atoms with Gasteiger partial charge in [-0.3, -0.25) is 0 Å². The molecule has 0 atom stereocenters. The first-order chi connectivity index (χ1) is 18.0. The van der Waals surface area contributed by atoms with E-state index in [1.807, 2.05) is 55.4 Å². The maximum Gasteiger partial charge on any atom is 0.242 e. The summed E-state index contributed by atoms with van der Waals surface area (Å²) in [6.45, 7) is 26.5. The summed E-state index contributed by atoms with van der Waals surface area (Å²) in [5.74, 6) is -2.50. The minimum atomic E-state index is -2.50. The van der Waals surface area contributed by atoms with Crippen LogP contribution < -0.4 is 0 Å². The average Bonchev–Trinajstić information content (AvgIpc) is 3.73. The van der Waals surface area contributed by atoms with Gasteiger partial charge in [-0.25, -0.2) is 8.78 Å². The number of hydrogen-bond donors (Lipinski definition) is 0. The number of rotatable bonds is 0. The third-order valence-corrected chi connectivity index (χ3v) is 5.00. The lowest BCUT2D eigenvalue weighted by molar-refractivity contribution is 0.0437. The Morgan fingerprint density at radius 2 is 0.308 bits per heavy atom. The van der Waals surface area contributed by atoms with Gasteiger partial charge in [0.15, 0.2) is 0 Å². The number of hydrogen-bond acceptors (Lipinski definition) is 0. The van der Waals surface area contributed by atoms with Crippen LogP contribution in [-0.4, -0.2) is 11.4 Å². The summed E-state index contributed by atoms with van der Waals surface area (Å²) >= 11 is 0.